The number of pyridine rings is 1. The van der Waals surface area contributed by atoms with Crippen molar-refractivity contribution in [1.82, 2.24) is 4.98 Å². The van der Waals surface area contributed by atoms with Gasteiger partial charge in [0.05, 0.1) is 0 Å². The van der Waals surface area contributed by atoms with E-state index in [0.717, 1.165) is 28.7 Å². The van der Waals surface area contributed by atoms with E-state index in [9.17, 15) is 0 Å². The number of nitrogens with two attached hydrogens (primary N) is 1. The lowest BCUT2D eigenvalue weighted by Crippen LogP contribution is -2.23. The maximum Gasteiger partial charge on any atom is 0.0437 e. The van der Waals surface area contributed by atoms with Gasteiger partial charge in [-0.25, -0.2) is 0 Å². The molecule has 3 N–H and O–H groups in total. The standard InChI is InChI=1S/C16H21N3/c1-16(7-2-3-8-16)11-19-15-5-4-14(17)12-6-9-18-10-13(12)15/h4-6,9-10,19H,2-3,7-8,11,17H2,1H3. The van der Waals surface area contributed by atoms with Crippen LogP contribution in [0.2, 0.25) is 0 Å². The highest BCUT2D eigenvalue weighted by Crippen LogP contribution is 2.38. The number of nitrogens with zero attached hydrogens (tertiary/aromatic N) is 1. The molecule has 1 aromatic carbocycles. The summed E-state index contributed by atoms with van der Waals surface area (Å²) in [5.74, 6) is 0. The normalized spacial score (nSPS) is 17.7. The minimum Gasteiger partial charge on any atom is -0.398 e. The molecule has 0 aliphatic heterocycles. The molecule has 0 amide bonds. The van der Waals surface area contributed by atoms with Gasteiger partial charge in [-0.3, -0.25) is 4.98 Å². The van der Waals surface area contributed by atoms with Crippen LogP contribution >= 0.6 is 0 Å². The molecule has 0 bridgehead atoms. The van der Waals surface area contributed by atoms with Crippen LogP contribution in [-0.2, 0) is 0 Å². The van der Waals surface area contributed by atoms with E-state index in [0.29, 0.717) is 5.41 Å². The number of rotatable bonds is 3. The molecule has 1 heterocycles. The van der Waals surface area contributed by atoms with Gasteiger partial charge < -0.3 is 11.1 Å². The van der Waals surface area contributed by atoms with Crippen molar-refractivity contribution in [2.24, 2.45) is 5.41 Å². The summed E-state index contributed by atoms with van der Waals surface area (Å²) < 4.78 is 0. The van der Waals surface area contributed by atoms with Crippen molar-refractivity contribution in [3.8, 4) is 0 Å². The van der Waals surface area contributed by atoms with Crippen LogP contribution < -0.4 is 11.1 Å². The summed E-state index contributed by atoms with van der Waals surface area (Å²) in [6, 6.07) is 6.02. The Morgan fingerprint density at radius 1 is 1.21 bits per heavy atom. The molecule has 1 aromatic heterocycles. The highest BCUT2D eigenvalue weighted by atomic mass is 14.9. The largest absolute Gasteiger partial charge is 0.398 e. The fourth-order valence-corrected chi connectivity index (χ4v) is 3.08. The predicted octanol–water partition coefficient (Wildman–Crippen LogP) is 3.81. The van der Waals surface area contributed by atoms with Gasteiger partial charge in [-0.15, -0.1) is 0 Å². The molecule has 2 aromatic rings. The van der Waals surface area contributed by atoms with E-state index in [1.54, 1.807) is 6.20 Å². The molecule has 0 radical (unpaired) electrons. The lowest BCUT2D eigenvalue weighted by Gasteiger charge is -2.25. The van der Waals surface area contributed by atoms with E-state index in [1.165, 1.54) is 25.7 Å². The first-order valence-electron chi connectivity index (χ1n) is 7.04. The van der Waals surface area contributed by atoms with Gasteiger partial charge in [-0.05, 0) is 36.5 Å². The van der Waals surface area contributed by atoms with Crippen LogP contribution in [0, 0.1) is 5.41 Å². The van der Waals surface area contributed by atoms with Gasteiger partial charge in [-0.1, -0.05) is 19.8 Å². The summed E-state index contributed by atoms with van der Waals surface area (Å²) >= 11 is 0. The average Bonchev–Trinajstić information content (AvgIpc) is 2.86. The van der Waals surface area contributed by atoms with Crippen molar-refractivity contribution in [1.29, 1.82) is 0 Å². The molecule has 3 nitrogen and oxygen atoms in total. The zero-order chi connectivity index (χ0) is 13.3. The maximum atomic E-state index is 6.01. The first-order valence-corrected chi connectivity index (χ1v) is 7.04. The maximum absolute atomic E-state index is 6.01. The molecule has 0 atom stereocenters. The second-order valence-electron chi connectivity index (χ2n) is 5.99. The minimum absolute atomic E-state index is 0.440. The lowest BCUT2D eigenvalue weighted by atomic mass is 9.89. The van der Waals surface area contributed by atoms with Gasteiger partial charge in [0.2, 0.25) is 0 Å². The second kappa shape index (κ2) is 4.72. The van der Waals surface area contributed by atoms with Gasteiger partial charge in [0, 0.05) is 41.1 Å². The first kappa shape index (κ1) is 12.3. The van der Waals surface area contributed by atoms with E-state index < -0.39 is 0 Å². The van der Waals surface area contributed by atoms with Gasteiger partial charge >= 0.3 is 0 Å². The minimum atomic E-state index is 0.440. The third-order valence-corrected chi connectivity index (χ3v) is 4.37. The number of aromatic nitrogens is 1. The van der Waals surface area contributed by atoms with Crippen LogP contribution in [0.15, 0.2) is 30.6 Å². The van der Waals surface area contributed by atoms with E-state index in [2.05, 4.69) is 23.3 Å². The molecule has 3 heteroatoms. The topological polar surface area (TPSA) is 50.9 Å². The van der Waals surface area contributed by atoms with Gasteiger partial charge in [0.15, 0.2) is 0 Å². The highest BCUT2D eigenvalue weighted by Gasteiger charge is 2.28. The van der Waals surface area contributed by atoms with Gasteiger partial charge in [-0.2, -0.15) is 0 Å². The third kappa shape index (κ3) is 2.37. The Hall–Kier alpha value is -1.77. The Bertz CT molecular complexity index is 586. The molecule has 0 saturated heterocycles. The Morgan fingerprint density at radius 3 is 2.79 bits per heavy atom. The second-order valence-corrected chi connectivity index (χ2v) is 5.99. The van der Waals surface area contributed by atoms with Crippen LogP contribution in [0.25, 0.3) is 10.8 Å². The number of anilines is 2. The number of hydrogen-bond donors (Lipinski definition) is 2. The molecule has 1 aliphatic carbocycles. The van der Waals surface area contributed by atoms with Crippen molar-refractivity contribution >= 4 is 22.1 Å². The van der Waals surface area contributed by atoms with E-state index in [-0.39, 0.29) is 0 Å². The molecule has 0 spiro atoms. The van der Waals surface area contributed by atoms with Crippen LogP contribution in [0.1, 0.15) is 32.6 Å². The monoisotopic (exact) mass is 255 g/mol. The van der Waals surface area contributed by atoms with E-state index in [4.69, 9.17) is 5.73 Å². The Kier molecular flexibility index (Phi) is 3.05. The SMILES string of the molecule is CC1(CNc2ccc(N)c3ccncc23)CCCC1. The first-order chi connectivity index (χ1) is 9.18. The number of benzene rings is 1. The molecular weight excluding hydrogens is 234 g/mol. The molecule has 1 aliphatic rings. The van der Waals surface area contributed by atoms with Crippen LogP contribution in [0.4, 0.5) is 11.4 Å². The van der Waals surface area contributed by atoms with Gasteiger partial charge in [0.1, 0.15) is 0 Å². The number of hydrogen-bond acceptors (Lipinski definition) is 3. The molecule has 1 fully saturated rings. The average molecular weight is 255 g/mol. The van der Waals surface area contributed by atoms with Gasteiger partial charge in [0.25, 0.3) is 0 Å². The molecular formula is C16H21N3. The summed E-state index contributed by atoms with van der Waals surface area (Å²) in [7, 11) is 0. The Morgan fingerprint density at radius 2 is 2.00 bits per heavy atom. The summed E-state index contributed by atoms with van der Waals surface area (Å²) in [5, 5.41) is 5.80. The Balaban J connectivity index is 1.87. The predicted molar refractivity (Wildman–Crippen MR) is 81.2 cm³/mol. The number of nitrogens with one attached hydrogen (secondary N) is 1. The molecule has 19 heavy (non-hydrogen) atoms. The summed E-state index contributed by atoms with van der Waals surface area (Å²) in [6.45, 7) is 3.41. The third-order valence-electron chi connectivity index (χ3n) is 4.37. The fourth-order valence-electron chi connectivity index (χ4n) is 3.08. The van der Waals surface area contributed by atoms with E-state index in [1.807, 2.05) is 18.3 Å². The zero-order valence-corrected chi connectivity index (χ0v) is 11.4. The summed E-state index contributed by atoms with van der Waals surface area (Å²) in [6.07, 6.45) is 9.06. The molecule has 3 rings (SSSR count). The fraction of sp³-hybridized carbons (Fsp3) is 0.438. The van der Waals surface area contributed by atoms with Crippen LogP contribution in [-0.4, -0.2) is 11.5 Å². The molecule has 0 unspecified atom stereocenters. The number of nitrogen functional groups attached to an aromatic ring is 1. The molecule has 1 saturated carbocycles. The number of fused-ring (bicyclic) bond motifs is 1. The van der Waals surface area contributed by atoms with Crippen molar-refractivity contribution in [3.63, 3.8) is 0 Å². The van der Waals surface area contributed by atoms with Crippen molar-refractivity contribution in [2.75, 3.05) is 17.6 Å². The zero-order valence-electron chi connectivity index (χ0n) is 11.4. The van der Waals surface area contributed by atoms with Crippen LogP contribution in [0.5, 0.6) is 0 Å². The van der Waals surface area contributed by atoms with E-state index >= 15 is 0 Å². The summed E-state index contributed by atoms with van der Waals surface area (Å²) in [4.78, 5) is 4.22. The smallest absolute Gasteiger partial charge is 0.0437 e. The van der Waals surface area contributed by atoms with Crippen molar-refractivity contribution in [3.05, 3.63) is 30.6 Å². The Labute approximate surface area is 114 Å². The van der Waals surface area contributed by atoms with Crippen molar-refractivity contribution in [2.45, 2.75) is 32.6 Å². The van der Waals surface area contributed by atoms with Crippen LogP contribution in [0.3, 0.4) is 0 Å². The quantitative estimate of drug-likeness (QED) is 0.820. The summed E-state index contributed by atoms with van der Waals surface area (Å²) in [5.41, 5.74) is 8.41. The lowest BCUT2D eigenvalue weighted by molar-refractivity contribution is 0.362. The highest BCUT2D eigenvalue weighted by molar-refractivity contribution is 6.00. The molecule has 100 valence electrons. The van der Waals surface area contributed by atoms with Crippen molar-refractivity contribution < 1.29 is 0 Å².